The summed E-state index contributed by atoms with van der Waals surface area (Å²) in [5.41, 5.74) is 1.57. The van der Waals surface area contributed by atoms with E-state index in [1.54, 1.807) is 6.20 Å². The van der Waals surface area contributed by atoms with Gasteiger partial charge in [-0.15, -0.1) is 0 Å². The van der Waals surface area contributed by atoms with E-state index < -0.39 is 11.4 Å². The van der Waals surface area contributed by atoms with Gasteiger partial charge in [-0.2, -0.15) is 0 Å². The summed E-state index contributed by atoms with van der Waals surface area (Å²) in [4.78, 5) is 6.07. The predicted octanol–water partition coefficient (Wildman–Crippen LogP) is 0.0448. The summed E-state index contributed by atoms with van der Waals surface area (Å²) in [6.45, 7) is 2.65. The molecule has 0 aromatic heterocycles. The second-order valence-corrected chi connectivity index (χ2v) is 3.49. The van der Waals surface area contributed by atoms with Gasteiger partial charge < -0.3 is 9.45 Å². The molecule has 1 atom stereocenters. The standard InChI is InChI=1S/C7H12N2O3S/c1-6-3-9(2)4-7(8-6)5-12-13(10)11/h4H,3,5H2,1-2H3,(H,10,11)/p-1. The van der Waals surface area contributed by atoms with Crippen LogP contribution in [0.15, 0.2) is 16.9 Å². The normalized spacial score (nSPS) is 19.5. The number of rotatable bonds is 3. The van der Waals surface area contributed by atoms with Crippen molar-refractivity contribution in [3.63, 3.8) is 0 Å². The van der Waals surface area contributed by atoms with Gasteiger partial charge in [-0.05, 0) is 6.92 Å². The molecular formula is C7H11N2O3S-. The highest BCUT2D eigenvalue weighted by Gasteiger charge is 2.06. The summed E-state index contributed by atoms with van der Waals surface area (Å²) < 4.78 is 24.6. The summed E-state index contributed by atoms with van der Waals surface area (Å²) in [5.74, 6) is 0. The molecule has 0 aliphatic carbocycles. The molecule has 1 aliphatic rings. The molecule has 13 heavy (non-hydrogen) atoms. The van der Waals surface area contributed by atoms with Gasteiger partial charge in [-0.3, -0.25) is 9.18 Å². The van der Waals surface area contributed by atoms with Crippen molar-refractivity contribution >= 4 is 17.1 Å². The summed E-state index contributed by atoms with van der Waals surface area (Å²) in [6, 6.07) is 0. The lowest BCUT2D eigenvalue weighted by Crippen LogP contribution is -2.24. The van der Waals surface area contributed by atoms with Gasteiger partial charge in [-0.25, -0.2) is 4.21 Å². The SMILES string of the molecule is CC1=NC(COS(=O)[O-])=CN(C)C1. The molecule has 1 unspecified atom stereocenters. The zero-order valence-corrected chi connectivity index (χ0v) is 8.34. The lowest BCUT2D eigenvalue weighted by Gasteiger charge is -2.20. The monoisotopic (exact) mass is 203 g/mol. The van der Waals surface area contributed by atoms with Crippen LogP contribution in [0.5, 0.6) is 0 Å². The van der Waals surface area contributed by atoms with Crippen molar-refractivity contribution in [2.24, 2.45) is 4.99 Å². The van der Waals surface area contributed by atoms with Gasteiger partial charge in [-0.1, -0.05) is 0 Å². The summed E-state index contributed by atoms with van der Waals surface area (Å²) >= 11 is -2.47. The van der Waals surface area contributed by atoms with Gasteiger partial charge in [0.1, 0.15) is 6.61 Å². The number of nitrogens with zero attached hydrogens (tertiary/aromatic N) is 2. The first kappa shape index (κ1) is 10.4. The number of hydrogen-bond acceptors (Lipinski definition) is 5. The van der Waals surface area contributed by atoms with Crippen LogP contribution >= 0.6 is 0 Å². The molecule has 0 radical (unpaired) electrons. The lowest BCUT2D eigenvalue weighted by molar-refractivity contribution is 0.321. The van der Waals surface area contributed by atoms with Crippen molar-refractivity contribution in [2.75, 3.05) is 20.2 Å². The van der Waals surface area contributed by atoms with E-state index in [0.29, 0.717) is 5.70 Å². The lowest BCUT2D eigenvalue weighted by atomic mass is 10.3. The maximum absolute atomic E-state index is 10.1. The first-order chi connectivity index (χ1) is 6.08. The van der Waals surface area contributed by atoms with Gasteiger partial charge >= 0.3 is 0 Å². The van der Waals surface area contributed by atoms with Crippen LogP contribution < -0.4 is 0 Å². The van der Waals surface area contributed by atoms with Gasteiger partial charge in [0.05, 0.1) is 23.6 Å². The molecule has 0 bridgehead atoms. The molecule has 0 saturated carbocycles. The van der Waals surface area contributed by atoms with Crippen molar-refractivity contribution in [2.45, 2.75) is 6.92 Å². The molecule has 1 aliphatic heterocycles. The number of aliphatic imine (C=N–C) groups is 1. The third kappa shape index (κ3) is 3.67. The van der Waals surface area contributed by atoms with Crippen LogP contribution in [0.25, 0.3) is 0 Å². The van der Waals surface area contributed by atoms with Crippen LogP contribution in [0.4, 0.5) is 0 Å². The molecule has 0 saturated heterocycles. The fourth-order valence-electron chi connectivity index (χ4n) is 1.15. The summed E-state index contributed by atoms with van der Waals surface area (Å²) in [6.07, 6.45) is 1.76. The molecule has 0 spiro atoms. The Labute approximate surface area is 79.6 Å². The van der Waals surface area contributed by atoms with Gasteiger partial charge in [0.25, 0.3) is 0 Å². The first-order valence-electron chi connectivity index (χ1n) is 3.75. The van der Waals surface area contributed by atoms with E-state index in [-0.39, 0.29) is 6.61 Å². The Balaban J connectivity index is 2.53. The van der Waals surface area contributed by atoms with Crippen molar-refractivity contribution < 1.29 is 12.9 Å². The number of hydrogen-bond donors (Lipinski definition) is 0. The Hall–Kier alpha value is -0.720. The van der Waals surface area contributed by atoms with E-state index in [2.05, 4.69) is 9.18 Å². The molecular weight excluding hydrogens is 192 g/mol. The fourth-order valence-corrected chi connectivity index (χ4v) is 1.37. The first-order valence-corrected chi connectivity index (χ1v) is 4.75. The van der Waals surface area contributed by atoms with E-state index in [1.807, 2.05) is 18.9 Å². The summed E-state index contributed by atoms with van der Waals surface area (Å²) in [5, 5.41) is 0. The Morgan fingerprint density at radius 2 is 2.54 bits per heavy atom. The molecule has 6 heteroatoms. The van der Waals surface area contributed by atoms with Crippen LogP contribution in [0.3, 0.4) is 0 Å². The Morgan fingerprint density at radius 1 is 1.85 bits per heavy atom. The zero-order chi connectivity index (χ0) is 9.84. The maximum atomic E-state index is 10.1. The third-order valence-electron chi connectivity index (χ3n) is 1.49. The molecule has 0 aromatic rings. The van der Waals surface area contributed by atoms with Crippen LogP contribution in [0.1, 0.15) is 6.92 Å². The van der Waals surface area contributed by atoms with Crippen molar-refractivity contribution in [1.82, 2.24) is 4.90 Å². The van der Waals surface area contributed by atoms with E-state index in [0.717, 1.165) is 12.3 Å². The van der Waals surface area contributed by atoms with E-state index in [9.17, 15) is 8.76 Å². The largest absolute Gasteiger partial charge is 0.750 e. The molecule has 5 nitrogen and oxygen atoms in total. The minimum Gasteiger partial charge on any atom is -0.750 e. The van der Waals surface area contributed by atoms with Crippen LogP contribution in [-0.2, 0) is 15.5 Å². The van der Waals surface area contributed by atoms with E-state index in [4.69, 9.17) is 0 Å². The molecule has 0 N–H and O–H groups in total. The van der Waals surface area contributed by atoms with Crippen molar-refractivity contribution in [3.05, 3.63) is 11.9 Å². The highest BCUT2D eigenvalue weighted by Crippen LogP contribution is 2.07. The fraction of sp³-hybridized carbons (Fsp3) is 0.571. The second-order valence-electron chi connectivity index (χ2n) is 2.85. The van der Waals surface area contributed by atoms with Crippen molar-refractivity contribution in [3.8, 4) is 0 Å². The molecule has 1 heterocycles. The average Bonchev–Trinajstić information content (AvgIpc) is 1.99. The van der Waals surface area contributed by atoms with Gasteiger partial charge in [0, 0.05) is 19.0 Å². The minimum absolute atomic E-state index is 0.00219. The van der Waals surface area contributed by atoms with Crippen molar-refractivity contribution in [1.29, 1.82) is 0 Å². The minimum atomic E-state index is -2.47. The van der Waals surface area contributed by atoms with Gasteiger partial charge in [0.2, 0.25) is 0 Å². The Morgan fingerprint density at radius 3 is 3.08 bits per heavy atom. The Bertz CT molecular complexity index is 275. The predicted molar refractivity (Wildman–Crippen MR) is 48.7 cm³/mol. The maximum Gasteiger partial charge on any atom is 0.106 e. The van der Waals surface area contributed by atoms with E-state index >= 15 is 0 Å². The second kappa shape index (κ2) is 4.50. The quantitative estimate of drug-likeness (QED) is 0.608. The van der Waals surface area contributed by atoms with E-state index in [1.165, 1.54) is 0 Å². The molecule has 0 amide bonds. The van der Waals surface area contributed by atoms with Crippen LogP contribution in [0, 0.1) is 0 Å². The third-order valence-corrected chi connectivity index (χ3v) is 1.80. The average molecular weight is 203 g/mol. The van der Waals surface area contributed by atoms with Gasteiger partial charge in [0.15, 0.2) is 0 Å². The van der Waals surface area contributed by atoms with Crippen LogP contribution in [0.2, 0.25) is 0 Å². The Kier molecular flexibility index (Phi) is 3.58. The highest BCUT2D eigenvalue weighted by molar-refractivity contribution is 7.74. The summed E-state index contributed by atoms with van der Waals surface area (Å²) in [7, 11) is 1.90. The highest BCUT2D eigenvalue weighted by atomic mass is 32.2. The van der Waals surface area contributed by atoms with Crippen LogP contribution in [-0.4, -0.2) is 39.6 Å². The smallest absolute Gasteiger partial charge is 0.106 e. The molecule has 0 fully saturated rings. The molecule has 0 aromatic carbocycles. The topological polar surface area (TPSA) is 65.0 Å². The molecule has 74 valence electrons. The zero-order valence-electron chi connectivity index (χ0n) is 7.52. The molecule has 1 rings (SSSR count).